The molecule has 0 radical (unpaired) electrons. The minimum Gasteiger partial charge on any atom is -0.481 e. The normalized spacial score (nSPS) is 37.5. The summed E-state index contributed by atoms with van der Waals surface area (Å²) >= 11 is 0. The lowest BCUT2D eigenvalue weighted by Gasteiger charge is -2.22. The fraction of sp³-hybridized carbons (Fsp3) is 0.529. The van der Waals surface area contributed by atoms with E-state index >= 15 is 0 Å². The molecule has 0 heterocycles. The highest BCUT2D eigenvalue weighted by Crippen LogP contribution is 2.76. The van der Waals surface area contributed by atoms with E-state index in [4.69, 9.17) is 4.74 Å². The smallest absolute Gasteiger partial charge is 0.407 e. The largest absolute Gasteiger partial charge is 0.481 e. The molecule has 0 bridgehead atoms. The van der Waals surface area contributed by atoms with Crippen LogP contribution in [0.2, 0.25) is 0 Å². The number of amides is 1. The van der Waals surface area contributed by atoms with E-state index in [-0.39, 0.29) is 24.5 Å². The third-order valence-electron chi connectivity index (χ3n) is 5.84. The minimum absolute atomic E-state index is 0.204. The van der Waals surface area contributed by atoms with Crippen molar-refractivity contribution in [1.29, 1.82) is 0 Å². The molecule has 0 aromatic heterocycles. The van der Waals surface area contributed by atoms with Crippen LogP contribution >= 0.6 is 0 Å². The molecule has 3 aliphatic rings. The monoisotopic (exact) mass is 301 g/mol. The van der Waals surface area contributed by atoms with Gasteiger partial charge in [-0.1, -0.05) is 30.3 Å². The van der Waals surface area contributed by atoms with Crippen LogP contribution in [0.5, 0.6) is 0 Å². The summed E-state index contributed by atoms with van der Waals surface area (Å²) in [6.45, 7) is 0.204. The molecule has 3 aliphatic carbocycles. The van der Waals surface area contributed by atoms with Crippen molar-refractivity contribution >= 4 is 12.1 Å². The first-order valence-corrected chi connectivity index (χ1v) is 7.84. The van der Waals surface area contributed by atoms with Crippen LogP contribution in [0, 0.1) is 23.2 Å². The van der Waals surface area contributed by atoms with E-state index in [2.05, 4.69) is 5.32 Å². The van der Waals surface area contributed by atoms with Gasteiger partial charge in [0.05, 0.1) is 5.41 Å². The zero-order valence-electron chi connectivity index (χ0n) is 12.2. The van der Waals surface area contributed by atoms with E-state index in [0.29, 0.717) is 5.92 Å². The van der Waals surface area contributed by atoms with Crippen molar-refractivity contribution in [3.63, 3.8) is 0 Å². The van der Waals surface area contributed by atoms with Crippen LogP contribution in [-0.2, 0) is 16.1 Å². The number of fused-ring (bicyclic) bond motifs is 1. The zero-order chi connectivity index (χ0) is 15.3. The first-order chi connectivity index (χ1) is 10.6. The van der Waals surface area contributed by atoms with Crippen LogP contribution in [0.15, 0.2) is 30.3 Å². The Bertz CT molecular complexity index is 616. The first-order valence-electron chi connectivity index (χ1n) is 7.84. The third-order valence-corrected chi connectivity index (χ3v) is 5.84. The Hall–Kier alpha value is -2.04. The van der Waals surface area contributed by atoms with Gasteiger partial charge in [-0.05, 0) is 42.6 Å². The average Bonchev–Trinajstić information content (AvgIpc) is 2.92. The quantitative estimate of drug-likeness (QED) is 0.895. The van der Waals surface area contributed by atoms with Crippen molar-refractivity contribution in [3.8, 4) is 0 Å². The number of carbonyl (C=O) groups excluding carboxylic acids is 1. The number of carbonyl (C=O) groups is 2. The molecule has 0 spiro atoms. The molecule has 3 saturated carbocycles. The maximum atomic E-state index is 12.0. The fourth-order valence-electron chi connectivity index (χ4n) is 5.01. The molecular formula is C17H19NO4. The second kappa shape index (κ2) is 4.73. The van der Waals surface area contributed by atoms with Gasteiger partial charge in [-0.2, -0.15) is 0 Å². The van der Waals surface area contributed by atoms with Gasteiger partial charge in [0.2, 0.25) is 0 Å². The molecule has 4 rings (SSSR count). The van der Waals surface area contributed by atoms with E-state index in [9.17, 15) is 14.7 Å². The van der Waals surface area contributed by atoms with E-state index in [0.717, 1.165) is 24.8 Å². The van der Waals surface area contributed by atoms with Gasteiger partial charge >= 0.3 is 12.1 Å². The SMILES string of the molecule is O=C(N[C@H]1C[C@@H]2CC[C@@H]3C2[C@]13C(=O)O)OCc1ccccc1. The van der Waals surface area contributed by atoms with E-state index in [1.807, 2.05) is 30.3 Å². The Balaban J connectivity index is 1.39. The first kappa shape index (κ1) is 13.6. The molecule has 5 nitrogen and oxygen atoms in total. The van der Waals surface area contributed by atoms with Crippen LogP contribution < -0.4 is 5.32 Å². The van der Waals surface area contributed by atoms with E-state index in [1.165, 1.54) is 0 Å². The van der Waals surface area contributed by atoms with Crippen molar-refractivity contribution in [2.24, 2.45) is 23.2 Å². The summed E-state index contributed by atoms with van der Waals surface area (Å²) < 4.78 is 5.23. The lowest BCUT2D eigenvalue weighted by molar-refractivity contribution is -0.145. The summed E-state index contributed by atoms with van der Waals surface area (Å²) in [6.07, 6.45) is 2.34. The fourth-order valence-corrected chi connectivity index (χ4v) is 5.01. The minimum atomic E-state index is -0.752. The average molecular weight is 301 g/mol. The Morgan fingerprint density at radius 3 is 2.73 bits per heavy atom. The third kappa shape index (κ3) is 1.77. The van der Waals surface area contributed by atoms with Crippen LogP contribution in [0.3, 0.4) is 0 Å². The topological polar surface area (TPSA) is 75.6 Å². The summed E-state index contributed by atoms with van der Waals surface area (Å²) in [5.41, 5.74) is 0.204. The molecule has 1 aromatic carbocycles. The predicted octanol–water partition coefficient (Wildman–Crippen LogP) is 2.41. The zero-order valence-corrected chi connectivity index (χ0v) is 12.2. The number of hydrogen-bond donors (Lipinski definition) is 2. The molecule has 2 N–H and O–H groups in total. The van der Waals surface area contributed by atoms with E-state index in [1.54, 1.807) is 0 Å². The maximum Gasteiger partial charge on any atom is 0.407 e. The molecule has 1 aromatic rings. The summed E-state index contributed by atoms with van der Waals surface area (Å²) in [6, 6.07) is 9.17. The molecule has 1 amide bonds. The molecule has 0 aliphatic heterocycles. The number of carboxylic acids is 1. The Labute approximate surface area is 128 Å². The lowest BCUT2D eigenvalue weighted by atomic mass is 9.94. The number of aliphatic carboxylic acids is 1. The number of rotatable bonds is 4. The lowest BCUT2D eigenvalue weighted by Crippen LogP contribution is -2.44. The Morgan fingerprint density at radius 1 is 1.27 bits per heavy atom. The molecule has 5 atom stereocenters. The Kier molecular flexibility index (Phi) is 2.93. The van der Waals surface area contributed by atoms with Gasteiger partial charge in [0, 0.05) is 6.04 Å². The summed E-state index contributed by atoms with van der Waals surface area (Å²) in [5.74, 6) is 0.228. The van der Waals surface area contributed by atoms with Gasteiger partial charge in [0.25, 0.3) is 0 Å². The molecule has 0 saturated heterocycles. The molecule has 22 heavy (non-hydrogen) atoms. The summed E-state index contributed by atoms with van der Waals surface area (Å²) in [5, 5.41) is 12.5. The highest BCUT2D eigenvalue weighted by Gasteiger charge is 2.81. The van der Waals surface area contributed by atoms with Crippen LogP contribution in [0.1, 0.15) is 24.8 Å². The van der Waals surface area contributed by atoms with Crippen LogP contribution in [0.25, 0.3) is 0 Å². The second-order valence-electron chi connectivity index (χ2n) is 6.70. The van der Waals surface area contributed by atoms with Gasteiger partial charge in [0.1, 0.15) is 6.61 Å². The number of hydrogen-bond acceptors (Lipinski definition) is 3. The van der Waals surface area contributed by atoms with Crippen molar-refractivity contribution in [3.05, 3.63) is 35.9 Å². The molecule has 116 valence electrons. The maximum absolute atomic E-state index is 12.0. The summed E-state index contributed by atoms with van der Waals surface area (Å²) in [7, 11) is 0. The number of ether oxygens (including phenoxy) is 1. The highest BCUT2D eigenvalue weighted by molar-refractivity contribution is 5.83. The van der Waals surface area contributed by atoms with Crippen molar-refractivity contribution < 1.29 is 19.4 Å². The Morgan fingerprint density at radius 2 is 2.05 bits per heavy atom. The van der Waals surface area contributed by atoms with E-state index < -0.39 is 17.5 Å². The van der Waals surface area contributed by atoms with Crippen molar-refractivity contribution in [1.82, 2.24) is 5.32 Å². The van der Waals surface area contributed by atoms with Gasteiger partial charge in [-0.25, -0.2) is 4.79 Å². The number of carboxylic acid groups (broad SMARTS) is 1. The van der Waals surface area contributed by atoms with Crippen LogP contribution in [0.4, 0.5) is 4.79 Å². The molecule has 3 fully saturated rings. The molecular weight excluding hydrogens is 282 g/mol. The molecule has 1 unspecified atom stereocenters. The van der Waals surface area contributed by atoms with Crippen molar-refractivity contribution in [2.75, 3.05) is 0 Å². The number of nitrogens with one attached hydrogen (secondary N) is 1. The number of alkyl carbamates (subject to hydrolysis) is 1. The van der Waals surface area contributed by atoms with Gasteiger partial charge < -0.3 is 15.2 Å². The van der Waals surface area contributed by atoms with Gasteiger partial charge in [0.15, 0.2) is 0 Å². The predicted molar refractivity (Wildman–Crippen MR) is 77.9 cm³/mol. The standard InChI is InChI=1S/C17H19NO4/c19-15(20)17-12-7-6-11(14(12)17)8-13(17)18-16(21)22-9-10-4-2-1-3-5-10/h1-5,11-14H,6-9H2,(H,18,21)(H,19,20)/t11-,12+,13-,14?,17+/m0/s1. The van der Waals surface area contributed by atoms with Gasteiger partial charge in [-0.15, -0.1) is 0 Å². The van der Waals surface area contributed by atoms with Gasteiger partial charge in [-0.3, -0.25) is 4.79 Å². The highest BCUT2D eigenvalue weighted by atomic mass is 16.5. The van der Waals surface area contributed by atoms with Crippen LogP contribution in [-0.4, -0.2) is 23.2 Å². The van der Waals surface area contributed by atoms with Crippen molar-refractivity contribution in [2.45, 2.75) is 31.9 Å². The summed E-state index contributed by atoms with van der Waals surface area (Å²) in [4.78, 5) is 23.7. The number of benzene rings is 1. The second-order valence-corrected chi connectivity index (χ2v) is 6.70. The molecule has 5 heteroatoms.